The summed E-state index contributed by atoms with van der Waals surface area (Å²) < 4.78 is 5.16. The van der Waals surface area contributed by atoms with Gasteiger partial charge in [0.15, 0.2) is 0 Å². The molecule has 1 N–H and O–H groups in total. The van der Waals surface area contributed by atoms with Crippen LogP contribution in [0.15, 0.2) is 12.2 Å². The number of hydrogen-bond donors (Lipinski definition) is 1. The number of aryl methyl sites for hydroxylation is 1. The van der Waals surface area contributed by atoms with E-state index in [4.69, 9.17) is 4.74 Å². The van der Waals surface area contributed by atoms with E-state index in [1.54, 1.807) is 6.92 Å². The molecule has 0 bridgehead atoms. The fraction of sp³-hybridized carbons (Fsp3) is 0.565. The molecule has 0 spiro atoms. The normalized spacial score (nSPS) is 21.4. The molecule has 1 fully saturated rings. The number of carbonyl (C=O) groups is 4. The molecule has 2 aliphatic rings. The van der Waals surface area contributed by atoms with E-state index in [-0.39, 0.29) is 36.2 Å². The van der Waals surface area contributed by atoms with Crippen molar-refractivity contribution in [2.45, 2.75) is 59.9 Å². The Morgan fingerprint density at radius 2 is 1.74 bits per heavy atom. The van der Waals surface area contributed by atoms with Crippen LogP contribution in [0.4, 0.5) is 5.00 Å². The van der Waals surface area contributed by atoms with Gasteiger partial charge in [-0.25, -0.2) is 4.79 Å². The minimum absolute atomic E-state index is 0.0911. The van der Waals surface area contributed by atoms with Crippen LogP contribution in [0.1, 0.15) is 60.8 Å². The predicted molar refractivity (Wildman–Crippen MR) is 119 cm³/mol. The zero-order valence-corrected chi connectivity index (χ0v) is 19.5. The quantitative estimate of drug-likeness (QED) is 0.390. The van der Waals surface area contributed by atoms with Crippen molar-refractivity contribution in [2.24, 2.45) is 17.8 Å². The van der Waals surface area contributed by atoms with Crippen LogP contribution in [0, 0.1) is 31.6 Å². The summed E-state index contributed by atoms with van der Waals surface area (Å²) in [6.07, 6.45) is 5.26. The summed E-state index contributed by atoms with van der Waals surface area (Å²) >= 11 is 1.29. The summed E-state index contributed by atoms with van der Waals surface area (Å²) in [4.78, 5) is 54.0. The SMILES string of the molecule is CCOC(=O)c1c(NC(=O)C(CC(C)C)N2C(=O)C3CC=CCC3C2=O)sc(C)c1C. The maximum Gasteiger partial charge on any atom is 0.341 e. The molecule has 8 heteroatoms. The number of rotatable bonds is 7. The van der Waals surface area contributed by atoms with Gasteiger partial charge in [-0.15, -0.1) is 11.3 Å². The van der Waals surface area contributed by atoms with Gasteiger partial charge in [0.05, 0.1) is 24.0 Å². The number of imide groups is 1. The zero-order valence-electron chi connectivity index (χ0n) is 18.7. The first kappa shape index (κ1) is 23.2. The molecule has 3 rings (SSSR count). The molecular formula is C23H30N2O5S. The van der Waals surface area contributed by atoms with Crippen molar-refractivity contribution in [3.05, 3.63) is 28.2 Å². The number of fused-ring (bicyclic) bond motifs is 1. The summed E-state index contributed by atoms with van der Waals surface area (Å²) in [6, 6.07) is -0.914. The number of carbonyl (C=O) groups excluding carboxylic acids is 4. The second kappa shape index (κ2) is 9.34. The Morgan fingerprint density at radius 3 is 2.26 bits per heavy atom. The summed E-state index contributed by atoms with van der Waals surface area (Å²) in [5, 5.41) is 3.23. The average molecular weight is 447 g/mol. The topological polar surface area (TPSA) is 92.8 Å². The predicted octanol–water partition coefficient (Wildman–Crippen LogP) is 3.85. The zero-order chi connectivity index (χ0) is 22.9. The summed E-state index contributed by atoms with van der Waals surface area (Å²) in [5.74, 6) is -2.18. The summed E-state index contributed by atoms with van der Waals surface area (Å²) in [5.41, 5.74) is 1.09. The van der Waals surface area contributed by atoms with Crippen molar-refractivity contribution < 1.29 is 23.9 Å². The fourth-order valence-electron chi connectivity index (χ4n) is 4.27. The maximum atomic E-state index is 13.4. The van der Waals surface area contributed by atoms with Crippen molar-refractivity contribution in [1.29, 1.82) is 0 Å². The highest BCUT2D eigenvalue weighted by molar-refractivity contribution is 7.16. The molecular weight excluding hydrogens is 416 g/mol. The number of nitrogens with one attached hydrogen (secondary N) is 1. The Morgan fingerprint density at radius 1 is 1.16 bits per heavy atom. The highest BCUT2D eigenvalue weighted by Gasteiger charge is 2.51. The van der Waals surface area contributed by atoms with E-state index in [2.05, 4.69) is 5.32 Å². The first-order valence-electron chi connectivity index (χ1n) is 10.8. The standard InChI is InChI=1S/C23H30N2O5S/c1-6-30-23(29)18-13(4)14(5)31-20(18)24-19(26)17(11-12(2)3)25-21(27)15-9-7-8-10-16(15)22(25)28/h7-8,12,15-17H,6,9-11H2,1-5H3,(H,24,26). The van der Waals surface area contributed by atoms with Gasteiger partial charge in [-0.2, -0.15) is 0 Å². The van der Waals surface area contributed by atoms with Gasteiger partial charge in [-0.1, -0.05) is 26.0 Å². The third-order valence-electron chi connectivity index (χ3n) is 5.95. The first-order chi connectivity index (χ1) is 14.7. The molecule has 168 valence electrons. The lowest BCUT2D eigenvalue weighted by atomic mass is 9.85. The maximum absolute atomic E-state index is 13.4. The Labute approximate surface area is 186 Å². The molecule has 3 atom stereocenters. The second-order valence-electron chi connectivity index (χ2n) is 8.54. The lowest BCUT2D eigenvalue weighted by molar-refractivity contribution is -0.147. The molecule has 0 aromatic carbocycles. The van der Waals surface area contributed by atoms with Gasteiger partial charge in [-0.3, -0.25) is 19.3 Å². The van der Waals surface area contributed by atoms with Crippen LogP contribution in [0.5, 0.6) is 0 Å². The van der Waals surface area contributed by atoms with E-state index in [1.807, 2.05) is 39.8 Å². The van der Waals surface area contributed by atoms with Crippen molar-refractivity contribution in [3.8, 4) is 0 Å². The van der Waals surface area contributed by atoms with E-state index >= 15 is 0 Å². The lowest BCUT2D eigenvalue weighted by Crippen LogP contribution is -2.48. The molecule has 3 unspecified atom stereocenters. The fourth-order valence-corrected chi connectivity index (χ4v) is 5.32. The average Bonchev–Trinajstić information content (AvgIpc) is 3.13. The number of esters is 1. The van der Waals surface area contributed by atoms with Crippen LogP contribution < -0.4 is 5.32 Å². The third-order valence-corrected chi connectivity index (χ3v) is 7.07. The molecule has 7 nitrogen and oxygen atoms in total. The highest BCUT2D eigenvalue weighted by atomic mass is 32.1. The van der Waals surface area contributed by atoms with E-state index in [0.717, 1.165) is 10.4 Å². The van der Waals surface area contributed by atoms with Crippen LogP contribution in [-0.2, 0) is 19.1 Å². The van der Waals surface area contributed by atoms with Crippen LogP contribution in [0.3, 0.4) is 0 Å². The van der Waals surface area contributed by atoms with Crippen LogP contribution in [-0.4, -0.2) is 41.2 Å². The van der Waals surface area contributed by atoms with Gasteiger partial charge in [0, 0.05) is 4.88 Å². The molecule has 0 saturated carbocycles. The van der Waals surface area contributed by atoms with Crippen LogP contribution in [0.25, 0.3) is 0 Å². The largest absolute Gasteiger partial charge is 0.462 e. The molecule has 3 amide bonds. The molecule has 1 aliphatic heterocycles. The van der Waals surface area contributed by atoms with Crippen LogP contribution in [0.2, 0.25) is 0 Å². The minimum Gasteiger partial charge on any atom is -0.462 e. The molecule has 1 saturated heterocycles. The van der Waals surface area contributed by atoms with Crippen molar-refractivity contribution >= 4 is 40.0 Å². The van der Waals surface area contributed by atoms with E-state index in [1.165, 1.54) is 16.2 Å². The monoisotopic (exact) mass is 446 g/mol. The lowest BCUT2D eigenvalue weighted by Gasteiger charge is -2.27. The number of nitrogens with zero attached hydrogens (tertiary/aromatic N) is 1. The molecule has 0 radical (unpaired) electrons. The van der Waals surface area contributed by atoms with Gasteiger partial charge in [-0.05, 0) is 51.5 Å². The van der Waals surface area contributed by atoms with Gasteiger partial charge in [0.1, 0.15) is 11.0 Å². The molecule has 1 aromatic heterocycles. The number of ether oxygens (including phenoxy) is 1. The minimum atomic E-state index is -0.914. The Hall–Kier alpha value is -2.48. The number of amides is 3. The summed E-state index contributed by atoms with van der Waals surface area (Å²) in [6.45, 7) is 9.53. The molecule has 2 heterocycles. The summed E-state index contributed by atoms with van der Waals surface area (Å²) in [7, 11) is 0. The highest BCUT2D eigenvalue weighted by Crippen LogP contribution is 2.38. The van der Waals surface area contributed by atoms with E-state index in [0.29, 0.717) is 29.8 Å². The Kier molecular flexibility index (Phi) is 6.99. The van der Waals surface area contributed by atoms with E-state index in [9.17, 15) is 19.2 Å². The van der Waals surface area contributed by atoms with Crippen molar-refractivity contribution in [3.63, 3.8) is 0 Å². The number of anilines is 1. The molecule has 1 aromatic rings. The van der Waals surface area contributed by atoms with E-state index < -0.39 is 17.9 Å². The van der Waals surface area contributed by atoms with Gasteiger partial charge < -0.3 is 10.1 Å². The number of likely N-dealkylation sites (tertiary alicyclic amines) is 1. The van der Waals surface area contributed by atoms with Crippen molar-refractivity contribution in [2.75, 3.05) is 11.9 Å². The van der Waals surface area contributed by atoms with Crippen molar-refractivity contribution in [1.82, 2.24) is 4.90 Å². The number of thiophene rings is 1. The van der Waals surface area contributed by atoms with Gasteiger partial charge in [0.25, 0.3) is 0 Å². The Bertz CT molecular complexity index is 907. The van der Waals surface area contributed by atoms with Gasteiger partial charge >= 0.3 is 5.97 Å². The molecule has 1 aliphatic carbocycles. The smallest absolute Gasteiger partial charge is 0.341 e. The van der Waals surface area contributed by atoms with Crippen LogP contribution >= 0.6 is 11.3 Å². The Balaban J connectivity index is 1.90. The number of allylic oxidation sites excluding steroid dienone is 2. The van der Waals surface area contributed by atoms with Gasteiger partial charge in [0.2, 0.25) is 17.7 Å². The second-order valence-corrected chi connectivity index (χ2v) is 9.77. The first-order valence-corrected chi connectivity index (χ1v) is 11.6. The molecule has 31 heavy (non-hydrogen) atoms. The third kappa shape index (κ3) is 4.44. The number of hydrogen-bond acceptors (Lipinski definition) is 6.